The van der Waals surface area contributed by atoms with Crippen molar-refractivity contribution in [3.8, 4) is 0 Å². The third-order valence-electron chi connectivity index (χ3n) is 4.61. The first kappa shape index (κ1) is 13.4. The molecule has 2 N–H and O–H groups in total. The van der Waals surface area contributed by atoms with Gasteiger partial charge in [0.15, 0.2) is 0 Å². The van der Waals surface area contributed by atoms with E-state index < -0.39 is 0 Å². The van der Waals surface area contributed by atoms with Crippen LogP contribution in [0.4, 0.5) is 5.82 Å². The Labute approximate surface area is 120 Å². The highest BCUT2D eigenvalue weighted by molar-refractivity contribution is 5.52. The van der Waals surface area contributed by atoms with Gasteiger partial charge in [-0.1, -0.05) is 18.9 Å². The number of aromatic nitrogens is 2. The Bertz CT molecular complexity index is 562. The fraction of sp³-hybridized carbons (Fsp3) is 0.562. The van der Waals surface area contributed by atoms with Crippen LogP contribution >= 0.6 is 0 Å². The Morgan fingerprint density at radius 2 is 2.20 bits per heavy atom. The molecule has 1 aliphatic rings. The molecule has 0 saturated heterocycles. The summed E-state index contributed by atoms with van der Waals surface area (Å²) in [6.45, 7) is 4.04. The van der Waals surface area contributed by atoms with E-state index in [4.69, 9.17) is 5.73 Å². The normalized spacial score (nSPS) is 23.1. The predicted molar refractivity (Wildman–Crippen MR) is 83.0 cm³/mol. The zero-order chi connectivity index (χ0) is 13.9. The summed E-state index contributed by atoms with van der Waals surface area (Å²) >= 11 is 0. The van der Waals surface area contributed by atoms with Gasteiger partial charge in [0, 0.05) is 25.0 Å². The van der Waals surface area contributed by atoms with Crippen LogP contribution in [-0.4, -0.2) is 28.5 Å². The van der Waals surface area contributed by atoms with Crippen molar-refractivity contribution < 1.29 is 0 Å². The van der Waals surface area contributed by atoms with Crippen LogP contribution in [0.3, 0.4) is 0 Å². The molecule has 4 heteroatoms. The molecule has 2 aromatic rings. The molecule has 0 aromatic carbocycles. The molecule has 3 rings (SSSR count). The quantitative estimate of drug-likeness (QED) is 0.931. The average Bonchev–Trinajstić information content (AvgIpc) is 2.98. The summed E-state index contributed by atoms with van der Waals surface area (Å²) in [6.07, 6.45) is 9.07. The molecule has 0 aliphatic heterocycles. The highest BCUT2D eigenvalue weighted by atomic mass is 15.2. The minimum Gasteiger partial charge on any atom is -0.355 e. The molecule has 0 amide bonds. The lowest BCUT2D eigenvalue weighted by Crippen LogP contribution is -2.45. The molecule has 2 unspecified atom stereocenters. The summed E-state index contributed by atoms with van der Waals surface area (Å²) in [5, 5.41) is 0. The van der Waals surface area contributed by atoms with Gasteiger partial charge in [-0.3, -0.25) is 4.40 Å². The summed E-state index contributed by atoms with van der Waals surface area (Å²) in [5.41, 5.74) is 7.03. The second-order valence-electron chi connectivity index (χ2n) is 5.67. The van der Waals surface area contributed by atoms with Crippen LogP contribution in [0, 0.1) is 5.92 Å². The zero-order valence-corrected chi connectivity index (χ0v) is 12.2. The fourth-order valence-electron chi connectivity index (χ4n) is 3.61. The summed E-state index contributed by atoms with van der Waals surface area (Å²) in [6, 6.07) is 6.91. The van der Waals surface area contributed by atoms with Gasteiger partial charge in [0.25, 0.3) is 0 Å². The van der Waals surface area contributed by atoms with Crippen molar-refractivity contribution in [1.29, 1.82) is 0 Å². The van der Waals surface area contributed by atoms with Crippen molar-refractivity contribution in [2.75, 3.05) is 18.0 Å². The lowest BCUT2D eigenvalue weighted by atomic mass is 9.83. The SMILES string of the molecule is CCN(c1cccc2nccn12)C1CCCCC1CN. The van der Waals surface area contributed by atoms with Gasteiger partial charge < -0.3 is 10.6 Å². The molecular weight excluding hydrogens is 248 g/mol. The van der Waals surface area contributed by atoms with Crippen LogP contribution in [0.5, 0.6) is 0 Å². The molecular formula is C16H24N4. The van der Waals surface area contributed by atoms with Crippen LogP contribution in [0.1, 0.15) is 32.6 Å². The fourth-order valence-corrected chi connectivity index (χ4v) is 3.61. The third-order valence-corrected chi connectivity index (χ3v) is 4.61. The van der Waals surface area contributed by atoms with Crippen molar-refractivity contribution in [1.82, 2.24) is 9.38 Å². The van der Waals surface area contributed by atoms with Gasteiger partial charge in [0.2, 0.25) is 0 Å². The van der Waals surface area contributed by atoms with E-state index in [2.05, 4.69) is 39.4 Å². The van der Waals surface area contributed by atoms with Gasteiger partial charge in [0.05, 0.1) is 0 Å². The Balaban J connectivity index is 1.98. The van der Waals surface area contributed by atoms with E-state index in [0.29, 0.717) is 12.0 Å². The van der Waals surface area contributed by atoms with E-state index >= 15 is 0 Å². The number of fused-ring (bicyclic) bond motifs is 1. The lowest BCUT2D eigenvalue weighted by molar-refractivity contribution is 0.299. The first-order valence-corrected chi connectivity index (χ1v) is 7.74. The van der Waals surface area contributed by atoms with Crippen molar-refractivity contribution in [2.45, 2.75) is 38.6 Å². The molecule has 1 aliphatic carbocycles. The van der Waals surface area contributed by atoms with Gasteiger partial charge in [-0.05, 0) is 44.4 Å². The van der Waals surface area contributed by atoms with E-state index in [-0.39, 0.29) is 0 Å². The number of pyridine rings is 1. The van der Waals surface area contributed by atoms with E-state index in [1.54, 1.807) is 0 Å². The van der Waals surface area contributed by atoms with E-state index in [1.807, 2.05) is 12.4 Å². The molecule has 0 spiro atoms. The maximum atomic E-state index is 6.01. The first-order chi connectivity index (χ1) is 9.85. The van der Waals surface area contributed by atoms with E-state index in [9.17, 15) is 0 Å². The Kier molecular flexibility index (Phi) is 3.92. The number of anilines is 1. The molecule has 20 heavy (non-hydrogen) atoms. The second-order valence-corrected chi connectivity index (χ2v) is 5.67. The Morgan fingerprint density at radius 1 is 1.35 bits per heavy atom. The standard InChI is InChI=1S/C16H24N4/c1-2-19(14-7-4-3-6-13(14)12-17)16-9-5-8-15-18-10-11-20(15)16/h5,8-11,13-14H,2-4,6-7,12,17H2,1H3. The minimum atomic E-state index is 0.562. The van der Waals surface area contributed by atoms with Crippen molar-refractivity contribution in [2.24, 2.45) is 11.7 Å². The van der Waals surface area contributed by atoms with Crippen LogP contribution < -0.4 is 10.6 Å². The lowest BCUT2D eigenvalue weighted by Gasteiger charge is -2.40. The minimum absolute atomic E-state index is 0.562. The van der Waals surface area contributed by atoms with Gasteiger partial charge in [-0.2, -0.15) is 0 Å². The number of imidazole rings is 1. The number of hydrogen-bond donors (Lipinski definition) is 1. The average molecular weight is 272 g/mol. The highest BCUT2D eigenvalue weighted by Gasteiger charge is 2.29. The van der Waals surface area contributed by atoms with Gasteiger partial charge in [-0.15, -0.1) is 0 Å². The third kappa shape index (κ3) is 2.29. The summed E-state index contributed by atoms with van der Waals surface area (Å²) < 4.78 is 2.19. The number of hydrogen-bond acceptors (Lipinski definition) is 3. The second kappa shape index (κ2) is 5.83. The van der Waals surface area contributed by atoms with E-state index in [0.717, 1.165) is 18.7 Å². The summed E-state index contributed by atoms with van der Waals surface area (Å²) in [7, 11) is 0. The topological polar surface area (TPSA) is 46.6 Å². The van der Waals surface area contributed by atoms with Crippen molar-refractivity contribution >= 4 is 11.5 Å². The first-order valence-electron chi connectivity index (χ1n) is 7.74. The summed E-state index contributed by atoms with van der Waals surface area (Å²) in [4.78, 5) is 6.91. The molecule has 0 bridgehead atoms. The van der Waals surface area contributed by atoms with Gasteiger partial charge >= 0.3 is 0 Å². The monoisotopic (exact) mass is 272 g/mol. The molecule has 2 heterocycles. The highest BCUT2D eigenvalue weighted by Crippen LogP contribution is 2.31. The molecule has 2 aromatic heterocycles. The predicted octanol–water partition coefficient (Wildman–Crippen LogP) is 2.68. The summed E-state index contributed by atoms with van der Waals surface area (Å²) in [5.74, 6) is 1.86. The number of nitrogens with zero attached hydrogens (tertiary/aromatic N) is 3. The van der Waals surface area contributed by atoms with Gasteiger partial charge in [0.1, 0.15) is 11.5 Å². The Hall–Kier alpha value is -1.55. The molecule has 108 valence electrons. The number of rotatable bonds is 4. The van der Waals surface area contributed by atoms with Crippen LogP contribution in [-0.2, 0) is 0 Å². The maximum absolute atomic E-state index is 6.01. The molecule has 1 fully saturated rings. The molecule has 4 nitrogen and oxygen atoms in total. The van der Waals surface area contributed by atoms with Crippen LogP contribution in [0.15, 0.2) is 30.6 Å². The van der Waals surface area contributed by atoms with Crippen LogP contribution in [0.2, 0.25) is 0 Å². The van der Waals surface area contributed by atoms with E-state index in [1.165, 1.54) is 31.5 Å². The zero-order valence-electron chi connectivity index (χ0n) is 12.2. The molecule has 2 atom stereocenters. The number of nitrogens with two attached hydrogens (primary N) is 1. The smallest absolute Gasteiger partial charge is 0.138 e. The molecule has 1 saturated carbocycles. The van der Waals surface area contributed by atoms with Crippen molar-refractivity contribution in [3.05, 3.63) is 30.6 Å². The largest absolute Gasteiger partial charge is 0.355 e. The van der Waals surface area contributed by atoms with Gasteiger partial charge in [-0.25, -0.2) is 4.98 Å². The maximum Gasteiger partial charge on any atom is 0.138 e. The van der Waals surface area contributed by atoms with Crippen LogP contribution in [0.25, 0.3) is 5.65 Å². The molecule has 0 radical (unpaired) electrons. The van der Waals surface area contributed by atoms with Crippen molar-refractivity contribution in [3.63, 3.8) is 0 Å². The Morgan fingerprint density at radius 3 is 3.00 bits per heavy atom.